The number of Topliss-reactive ketones (excluding diaryl/α,β-unsaturated/α-hetero) is 2. The minimum Gasteiger partial charge on any atom is -0.456 e. The molecule has 2 bridgehead atoms. The van der Waals surface area contributed by atoms with Crippen molar-refractivity contribution < 1.29 is 63.0 Å². The molecule has 7 rings (SSSR count). The number of carbonyl (C=O) groups excluding carboxylic acids is 6. The van der Waals surface area contributed by atoms with Crippen LogP contribution in [0.2, 0.25) is 0 Å². The van der Waals surface area contributed by atoms with Crippen molar-refractivity contribution in [2.75, 3.05) is 6.61 Å². The molecule has 2 saturated carbocycles. The van der Waals surface area contributed by atoms with Crippen LogP contribution in [-0.4, -0.2) is 99.0 Å². The fourth-order valence-corrected chi connectivity index (χ4v) is 11.0. The van der Waals surface area contributed by atoms with Crippen molar-refractivity contribution in [3.05, 3.63) is 105 Å². The van der Waals surface area contributed by atoms with Crippen molar-refractivity contribution in [2.24, 2.45) is 22.7 Å². The molecule has 3 aromatic rings. The number of hydrogen-bond acceptors (Lipinski definition) is 14. The molecule has 4 aliphatic rings. The van der Waals surface area contributed by atoms with Gasteiger partial charge in [0.1, 0.15) is 12.2 Å². The number of thiophene rings is 1. The van der Waals surface area contributed by atoms with E-state index in [1.807, 2.05) is 0 Å². The Bertz CT molecular complexity index is 2220. The Balaban J connectivity index is 1.40. The summed E-state index contributed by atoms with van der Waals surface area (Å²) >= 11 is 1.09. The quantitative estimate of drug-likeness (QED) is 0.0983. The van der Waals surface area contributed by atoms with Crippen LogP contribution < -0.4 is 5.32 Å². The van der Waals surface area contributed by atoms with Gasteiger partial charge in [0.15, 0.2) is 29.4 Å². The lowest BCUT2D eigenvalue weighted by Crippen LogP contribution is -2.80. The molecule has 1 saturated heterocycles. The van der Waals surface area contributed by atoms with Gasteiger partial charge >= 0.3 is 17.9 Å². The molecule has 11 atom stereocenters. The normalized spacial score (nSPS) is 32.6. The number of aliphatic hydroxyl groups is 3. The lowest BCUT2D eigenvalue weighted by Gasteiger charge is -2.67. The number of rotatable bonds is 10. The third kappa shape index (κ3) is 6.80. The number of nitrogens with one attached hydrogen (secondary N) is 1. The predicted molar refractivity (Wildman–Crippen MR) is 214 cm³/mol. The van der Waals surface area contributed by atoms with E-state index in [0.29, 0.717) is 5.56 Å². The zero-order valence-electron chi connectivity index (χ0n) is 34.1. The lowest BCUT2D eigenvalue weighted by molar-refractivity contribution is -0.335. The summed E-state index contributed by atoms with van der Waals surface area (Å²) in [5, 5.41) is 41.9. The minimum absolute atomic E-state index is 0.0325. The molecule has 1 amide bonds. The highest BCUT2D eigenvalue weighted by molar-refractivity contribution is 7.12. The average Bonchev–Trinajstić information content (AvgIpc) is 3.75. The SMILES string of the molecule is CC(=O)O[C@H]1C(=O)[C@@]2(C)[C@H]([C@H](C(=O)c3cccs3)[C@]3(O)C[C@H](OC(=O)[C@H](O)[C@@H](NC(=O)c4ccccc4)c4ccccc4)C(C)=C1C3(C)C)[C@]1(OC(C)=O)CO[C@@H]1C[C@@H]2O. The van der Waals surface area contributed by atoms with Crippen molar-refractivity contribution in [1.29, 1.82) is 0 Å². The zero-order valence-corrected chi connectivity index (χ0v) is 34.9. The Morgan fingerprint density at radius 3 is 2.13 bits per heavy atom. The standard InChI is InChI=1S/C45H49NO13S/c1-23-28(58-41(54)36(51)34(26-14-9-7-10-15-26)46-40(53)27-16-11-8-12-17-27)21-45(55)33(35(50)29-18-13-19-60-29)38-43(6,30(49)20-31-44(38,22-56-31)59-25(3)48)39(52)37(57-24(2)47)32(23)42(45,4)5/h7-19,28,30-31,33-34,36-38,49,51,55H,20-22H2,1-6H3,(H,46,53)/t28-,30-,31+,33-,34-,36+,37+,38-,43+,44-,45+/m0/s1. The van der Waals surface area contributed by atoms with Crippen LogP contribution in [-0.2, 0) is 38.1 Å². The van der Waals surface area contributed by atoms with Gasteiger partial charge in [0.25, 0.3) is 5.91 Å². The first-order valence-electron chi connectivity index (χ1n) is 19.8. The van der Waals surface area contributed by atoms with Crippen molar-refractivity contribution in [2.45, 2.75) is 102 Å². The molecule has 0 spiro atoms. The second-order valence-corrected chi connectivity index (χ2v) is 17.9. The van der Waals surface area contributed by atoms with E-state index >= 15 is 9.59 Å². The summed E-state index contributed by atoms with van der Waals surface area (Å²) in [5.41, 5.74) is -6.77. The Hall–Kier alpha value is -5.06. The zero-order chi connectivity index (χ0) is 43.5. The number of aliphatic hydroxyl groups excluding tert-OH is 2. The van der Waals surface area contributed by atoms with Gasteiger partial charge < -0.3 is 39.6 Å². The van der Waals surface area contributed by atoms with Crippen LogP contribution in [0.1, 0.15) is 86.0 Å². The van der Waals surface area contributed by atoms with Gasteiger partial charge in [-0.1, -0.05) is 68.4 Å². The molecule has 60 heavy (non-hydrogen) atoms. The summed E-state index contributed by atoms with van der Waals surface area (Å²) in [7, 11) is 0. The fraction of sp³-hybridized carbons (Fsp3) is 0.467. The molecular weight excluding hydrogens is 795 g/mol. The molecule has 15 heteroatoms. The van der Waals surface area contributed by atoms with Gasteiger partial charge in [0, 0.05) is 43.6 Å². The summed E-state index contributed by atoms with van der Waals surface area (Å²) in [6, 6.07) is 18.4. The molecule has 1 aromatic heterocycles. The number of benzene rings is 2. The Morgan fingerprint density at radius 2 is 1.57 bits per heavy atom. The van der Waals surface area contributed by atoms with Gasteiger partial charge in [0.05, 0.1) is 40.6 Å². The van der Waals surface area contributed by atoms with E-state index in [9.17, 15) is 34.5 Å². The Labute approximate surface area is 350 Å². The highest BCUT2D eigenvalue weighted by atomic mass is 32.1. The number of carbonyl (C=O) groups is 6. The maximum atomic E-state index is 15.5. The van der Waals surface area contributed by atoms with Gasteiger partial charge in [-0.15, -0.1) is 11.3 Å². The molecular formula is C45H49NO13S. The third-order valence-electron chi connectivity index (χ3n) is 13.4. The van der Waals surface area contributed by atoms with Crippen molar-refractivity contribution in [1.82, 2.24) is 5.32 Å². The number of fused-ring (bicyclic) bond motifs is 5. The maximum Gasteiger partial charge on any atom is 0.338 e. The lowest BCUT2D eigenvalue weighted by atomic mass is 9.41. The maximum absolute atomic E-state index is 15.5. The molecule has 1 aliphatic heterocycles. The number of ether oxygens (including phenoxy) is 4. The van der Waals surface area contributed by atoms with Crippen LogP contribution in [0.5, 0.6) is 0 Å². The first-order valence-corrected chi connectivity index (χ1v) is 20.7. The molecule has 0 unspecified atom stereocenters. The van der Waals surface area contributed by atoms with Gasteiger partial charge in [0.2, 0.25) is 0 Å². The van der Waals surface area contributed by atoms with Crippen LogP contribution in [0, 0.1) is 22.7 Å². The van der Waals surface area contributed by atoms with E-state index in [2.05, 4.69) is 5.32 Å². The van der Waals surface area contributed by atoms with Gasteiger partial charge in [-0.3, -0.25) is 24.0 Å². The van der Waals surface area contributed by atoms with Crippen LogP contribution in [0.3, 0.4) is 0 Å². The first-order chi connectivity index (χ1) is 28.3. The van der Waals surface area contributed by atoms with E-state index in [1.54, 1.807) is 98.9 Å². The molecule has 3 aliphatic carbocycles. The highest BCUT2D eigenvalue weighted by Gasteiger charge is 2.78. The highest BCUT2D eigenvalue weighted by Crippen LogP contribution is 2.66. The van der Waals surface area contributed by atoms with Gasteiger partial charge in [-0.05, 0) is 54.1 Å². The smallest absolute Gasteiger partial charge is 0.338 e. The number of esters is 3. The monoisotopic (exact) mass is 843 g/mol. The molecule has 318 valence electrons. The molecule has 0 radical (unpaired) electrons. The molecule has 2 aromatic carbocycles. The largest absolute Gasteiger partial charge is 0.456 e. The number of hydrogen-bond donors (Lipinski definition) is 4. The van der Waals surface area contributed by atoms with Crippen LogP contribution in [0.15, 0.2) is 89.3 Å². The van der Waals surface area contributed by atoms with Crippen molar-refractivity contribution in [3.8, 4) is 0 Å². The number of amides is 1. The topological polar surface area (TPSA) is 212 Å². The summed E-state index contributed by atoms with van der Waals surface area (Å²) in [4.78, 5) is 84.5. The van der Waals surface area contributed by atoms with E-state index in [0.717, 1.165) is 18.3 Å². The fourth-order valence-electron chi connectivity index (χ4n) is 10.3. The molecule has 14 nitrogen and oxygen atoms in total. The third-order valence-corrected chi connectivity index (χ3v) is 14.2. The second kappa shape index (κ2) is 15.8. The first kappa shape index (κ1) is 43.0. The molecule has 2 heterocycles. The predicted octanol–water partition coefficient (Wildman–Crippen LogP) is 4.07. The van der Waals surface area contributed by atoms with Gasteiger partial charge in [-0.25, -0.2) is 4.79 Å². The van der Waals surface area contributed by atoms with Crippen LogP contribution >= 0.6 is 11.3 Å². The van der Waals surface area contributed by atoms with Crippen molar-refractivity contribution >= 4 is 46.7 Å². The van der Waals surface area contributed by atoms with E-state index in [1.165, 1.54) is 13.8 Å². The molecule has 4 N–H and O–H groups in total. The van der Waals surface area contributed by atoms with E-state index in [-0.39, 0.29) is 34.6 Å². The summed E-state index contributed by atoms with van der Waals surface area (Å²) in [5.74, 6) is -7.99. The van der Waals surface area contributed by atoms with Crippen LogP contribution in [0.4, 0.5) is 0 Å². The van der Waals surface area contributed by atoms with Gasteiger partial charge in [-0.2, -0.15) is 0 Å². The molecule has 3 fully saturated rings. The summed E-state index contributed by atoms with van der Waals surface area (Å²) in [6.07, 6.45) is -8.45. The van der Waals surface area contributed by atoms with Crippen LogP contribution in [0.25, 0.3) is 0 Å². The van der Waals surface area contributed by atoms with E-state index in [4.69, 9.17) is 18.9 Å². The van der Waals surface area contributed by atoms with E-state index < -0.39 is 112 Å². The summed E-state index contributed by atoms with van der Waals surface area (Å²) in [6.45, 7) is 8.16. The second-order valence-electron chi connectivity index (χ2n) is 17.0. The minimum atomic E-state index is -2.31. The summed E-state index contributed by atoms with van der Waals surface area (Å²) < 4.78 is 23.9. The average molecular weight is 844 g/mol. The Kier molecular flexibility index (Phi) is 11.3. The Morgan fingerprint density at radius 1 is 0.917 bits per heavy atom. The number of ketones is 2. The van der Waals surface area contributed by atoms with Crippen molar-refractivity contribution in [3.63, 3.8) is 0 Å².